The van der Waals surface area contributed by atoms with E-state index in [0.717, 1.165) is 57.6 Å². The van der Waals surface area contributed by atoms with Gasteiger partial charge in [0.1, 0.15) is 0 Å². The highest BCUT2D eigenvalue weighted by atomic mass is 32.1. The van der Waals surface area contributed by atoms with Gasteiger partial charge in [0.15, 0.2) is 0 Å². The molecule has 1 aliphatic carbocycles. The Morgan fingerprint density at radius 2 is 0.548 bits per heavy atom. The Kier molecular flexibility index (Phi) is 12.3. The van der Waals surface area contributed by atoms with Gasteiger partial charge in [0, 0.05) is 74.5 Å². The van der Waals surface area contributed by atoms with Crippen molar-refractivity contribution in [2.24, 2.45) is 0 Å². The molecule has 0 saturated heterocycles. The van der Waals surface area contributed by atoms with Crippen LogP contribution in [-0.2, 0) is 6.42 Å². The first-order valence-corrected chi connectivity index (χ1v) is 30.3. The molecule has 2 heterocycles. The van der Waals surface area contributed by atoms with Crippen molar-refractivity contribution in [1.29, 1.82) is 0 Å². The molecule has 0 aliphatic heterocycles. The van der Waals surface area contributed by atoms with Crippen LogP contribution in [0.5, 0.6) is 0 Å². The summed E-state index contributed by atoms with van der Waals surface area (Å²) in [7, 11) is 0. The lowest BCUT2D eigenvalue weighted by atomic mass is 9.95. The van der Waals surface area contributed by atoms with Gasteiger partial charge in [-0.25, -0.2) is 0 Å². The van der Waals surface area contributed by atoms with Gasteiger partial charge < -0.3 is 14.7 Å². The van der Waals surface area contributed by atoms with Gasteiger partial charge in [-0.05, 0) is 165 Å². The number of rotatable bonds is 12. The first kappa shape index (κ1) is 49.5. The zero-order valence-electron chi connectivity index (χ0n) is 45.8. The van der Waals surface area contributed by atoms with Gasteiger partial charge >= 0.3 is 0 Å². The van der Waals surface area contributed by atoms with E-state index in [1.54, 1.807) is 0 Å². The molecule has 0 unspecified atom stereocenters. The minimum absolute atomic E-state index is 0.931. The summed E-state index contributed by atoms with van der Waals surface area (Å²) in [5, 5.41) is 5.20. The van der Waals surface area contributed by atoms with E-state index in [2.05, 4.69) is 324 Å². The van der Waals surface area contributed by atoms with Crippen LogP contribution < -0.4 is 14.7 Å². The molecule has 0 bridgehead atoms. The number of hydrogen-bond acceptors (Lipinski definition) is 5. The molecule has 3 nitrogen and oxygen atoms in total. The lowest BCUT2D eigenvalue weighted by Crippen LogP contribution is -2.16. The van der Waals surface area contributed by atoms with Crippen LogP contribution in [0, 0.1) is 0 Å². The predicted molar refractivity (Wildman–Crippen MR) is 361 cm³/mol. The number of hydrogen-bond donors (Lipinski definition) is 0. The van der Waals surface area contributed by atoms with E-state index in [0.29, 0.717) is 0 Å². The van der Waals surface area contributed by atoms with E-state index in [1.165, 1.54) is 96.0 Å². The highest BCUT2D eigenvalue weighted by Gasteiger charge is 2.25. The van der Waals surface area contributed by atoms with Crippen molar-refractivity contribution >= 4 is 114 Å². The van der Waals surface area contributed by atoms with Gasteiger partial charge in [0.05, 0.1) is 17.1 Å². The quantitative estimate of drug-likeness (QED) is 0.121. The third-order valence-electron chi connectivity index (χ3n) is 16.7. The highest BCUT2D eigenvalue weighted by molar-refractivity contribution is 7.26. The lowest BCUT2D eigenvalue weighted by Gasteiger charge is -2.33. The second-order valence-electron chi connectivity index (χ2n) is 21.6. The van der Waals surface area contributed by atoms with Crippen LogP contribution in [0.25, 0.3) is 84.9 Å². The van der Waals surface area contributed by atoms with E-state index in [-0.39, 0.29) is 0 Å². The van der Waals surface area contributed by atoms with Crippen LogP contribution in [0.3, 0.4) is 0 Å². The van der Waals surface area contributed by atoms with Crippen molar-refractivity contribution in [2.45, 2.75) is 6.42 Å². The SMILES string of the molecule is c1ccc(N(c2ccc(-c3cccc4c3Cc3ccccc3-4)cc2)c2cc(N(c3ccccc3)c3ccc(-c4cccc5c4sc4ccccc45)cc3)cc(N(c3ccccc3)c3ccc(-c4cccc5c4sc4ccccc45)cc3)c2)cc1. The Hall–Kier alpha value is -10.3. The van der Waals surface area contributed by atoms with E-state index in [4.69, 9.17) is 0 Å². The molecule has 1 aliphatic rings. The number of anilines is 9. The molecular formula is C79H53N3S2. The summed E-state index contributed by atoms with van der Waals surface area (Å²) in [5.41, 5.74) is 22.2. The Morgan fingerprint density at radius 1 is 0.226 bits per heavy atom. The number of benzene rings is 13. The Balaban J connectivity index is 0.873. The maximum Gasteiger partial charge on any atom is 0.0503 e. The Bertz CT molecular complexity index is 4700. The molecule has 84 heavy (non-hydrogen) atoms. The zero-order valence-corrected chi connectivity index (χ0v) is 47.4. The van der Waals surface area contributed by atoms with Crippen LogP contribution in [-0.4, -0.2) is 0 Å². The maximum atomic E-state index is 2.41. The van der Waals surface area contributed by atoms with Gasteiger partial charge in [-0.2, -0.15) is 0 Å². The monoisotopic (exact) mass is 1110 g/mol. The number of nitrogens with zero attached hydrogens (tertiary/aromatic N) is 3. The predicted octanol–water partition coefficient (Wildman–Crippen LogP) is 23.4. The summed E-state index contributed by atoms with van der Waals surface area (Å²) in [4.78, 5) is 7.24. The van der Waals surface area contributed by atoms with Crippen molar-refractivity contribution in [1.82, 2.24) is 0 Å². The molecule has 0 amide bonds. The van der Waals surface area contributed by atoms with Gasteiger partial charge in [-0.15, -0.1) is 22.7 Å². The van der Waals surface area contributed by atoms with Crippen LogP contribution in [0.1, 0.15) is 11.1 Å². The standard InChI is InChI=1S/C79H53N3S2/c1-4-20-57(21-5-1)80(60-43-37-53(38-44-60)66-29-16-32-70-67-26-11-10-19-56(67)49-75(66)70)63-50-64(81(58-22-6-2-7-23-58)61-45-39-54(40-46-61)68-30-17-33-73-71-27-12-14-35-76(71)83-78(68)73)52-65(51-63)82(59-24-8-3-9-25-59)62-47-41-55(42-48-62)69-31-18-34-74-72-28-13-15-36-77(72)84-79(69)74/h1-48,50-52H,49H2. The fourth-order valence-electron chi connectivity index (χ4n) is 12.8. The molecular weight excluding hydrogens is 1060 g/mol. The molecule has 13 aromatic carbocycles. The molecule has 396 valence electrons. The Morgan fingerprint density at radius 3 is 1.00 bits per heavy atom. The molecule has 0 radical (unpaired) electrons. The Labute approximate surface area is 497 Å². The molecule has 5 heteroatoms. The summed E-state index contributed by atoms with van der Waals surface area (Å²) in [6, 6.07) is 114. The van der Waals surface area contributed by atoms with Gasteiger partial charge in [0.2, 0.25) is 0 Å². The van der Waals surface area contributed by atoms with Gasteiger partial charge in [-0.3, -0.25) is 0 Å². The molecule has 0 spiro atoms. The third kappa shape index (κ3) is 8.72. The number of fused-ring (bicyclic) bond motifs is 9. The average molecular weight is 1110 g/mol. The van der Waals surface area contributed by atoms with E-state index >= 15 is 0 Å². The second-order valence-corrected chi connectivity index (χ2v) is 23.7. The smallest absolute Gasteiger partial charge is 0.0503 e. The molecule has 16 rings (SSSR count). The van der Waals surface area contributed by atoms with Crippen molar-refractivity contribution in [3.05, 3.63) is 321 Å². The van der Waals surface area contributed by atoms with Crippen molar-refractivity contribution in [3.63, 3.8) is 0 Å². The summed E-state index contributed by atoms with van der Waals surface area (Å²) in [6.45, 7) is 0. The summed E-state index contributed by atoms with van der Waals surface area (Å²) in [5.74, 6) is 0. The number of thiophene rings is 2. The van der Waals surface area contributed by atoms with E-state index < -0.39 is 0 Å². The molecule has 0 atom stereocenters. The maximum absolute atomic E-state index is 2.41. The van der Waals surface area contributed by atoms with Crippen LogP contribution in [0.2, 0.25) is 0 Å². The fraction of sp³-hybridized carbons (Fsp3) is 0.0127. The fourth-order valence-corrected chi connectivity index (χ4v) is 15.3. The molecule has 0 saturated carbocycles. The molecule has 0 fully saturated rings. The minimum Gasteiger partial charge on any atom is -0.310 e. The molecule has 2 aromatic heterocycles. The zero-order chi connectivity index (χ0) is 55.5. The summed E-state index contributed by atoms with van der Waals surface area (Å²) >= 11 is 3.74. The van der Waals surface area contributed by atoms with Crippen LogP contribution in [0.15, 0.2) is 309 Å². The average Bonchev–Trinajstić information content (AvgIpc) is 3.15. The summed E-state index contributed by atoms with van der Waals surface area (Å²) < 4.78 is 5.22. The van der Waals surface area contributed by atoms with Gasteiger partial charge in [0.25, 0.3) is 0 Å². The number of para-hydroxylation sites is 3. The lowest BCUT2D eigenvalue weighted by molar-refractivity contribution is 1.22. The van der Waals surface area contributed by atoms with Crippen molar-refractivity contribution < 1.29 is 0 Å². The minimum atomic E-state index is 0.931. The summed E-state index contributed by atoms with van der Waals surface area (Å²) in [6.07, 6.45) is 0.931. The normalized spacial score (nSPS) is 11.8. The first-order valence-electron chi connectivity index (χ1n) is 28.7. The van der Waals surface area contributed by atoms with Gasteiger partial charge in [-0.1, -0.05) is 206 Å². The van der Waals surface area contributed by atoms with E-state index in [9.17, 15) is 0 Å². The molecule has 0 N–H and O–H groups in total. The van der Waals surface area contributed by atoms with Crippen molar-refractivity contribution in [3.8, 4) is 44.5 Å². The third-order valence-corrected chi connectivity index (χ3v) is 19.1. The van der Waals surface area contributed by atoms with E-state index in [1.807, 2.05) is 22.7 Å². The highest BCUT2D eigenvalue weighted by Crippen LogP contribution is 2.49. The molecule has 15 aromatic rings. The largest absolute Gasteiger partial charge is 0.310 e. The first-order chi connectivity index (χ1) is 41.6. The topological polar surface area (TPSA) is 9.72 Å². The second kappa shape index (κ2) is 20.9. The van der Waals surface area contributed by atoms with Crippen molar-refractivity contribution in [2.75, 3.05) is 14.7 Å². The van der Waals surface area contributed by atoms with Crippen LogP contribution >= 0.6 is 22.7 Å². The van der Waals surface area contributed by atoms with Crippen LogP contribution in [0.4, 0.5) is 51.2 Å².